The fourth-order valence-corrected chi connectivity index (χ4v) is 3.54. The van der Waals surface area contributed by atoms with Crippen LogP contribution in [0.1, 0.15) is 27.6 Å². The molecule has 28 heavy (non-hydrogen) atoms. The first-order valence-corrected chi connectivity index (χ1v) is 9.50. The van der Waals surface area contributed by atoms with Gasteiger partial charge in [-0.1, -0.05) is 0 Å². The van der Waals surface area contributed by atoms with Gasteiger partial charge >= 0.3 is 0 Å². The molecule has 1 aliphatic heterocycles. The van der Waals surface area contributed by atoms with Crippen LogP contribution < -0.4 is 4.90 Å². The van der Waals surface area contributed by atoms with Crippen LogP contribution in [0.2, 0.25) is 0 Å². The van der Waals surface area contributed by atoms with E-state index in [9.17, 15) is 9.59 Å². The van der Waals surface area contributed by atoms with Crippen molar-refractivity contribution in [3.05, 3.63) is 84.2 Å². The van der Waals surface area contributed by atoms with Gasteiger partial charge in [-0.3, -0.25) is 9.59 Å². The Bertz CT molecular complexity index is 952. The van der Waals surface area contributed by atoms with Crippen molar-refractivity contribution in [3.63, 3.8) is 0 Å². The summed E-state index contributed by atoms with van der Waals surface area (Å²) >= 11 is 0. The van der Waals surface area contributed by atoms with E-state index in [0.29, 0.717) is 13.1 Å². The molecular weight excluding hydrogens is 350 g/mol. The second-order valence-electron chi connectivity index (χ2n) is 7.02. The minimum Gasteiger partial charge on any atom is -0.368 e. The standard InChI is InChI=1S/C23H23N3O2/c1-18(27)19-4-8-22(9-5-19)25-14-16-26(17-15-25)23(28)20-6-10-21(11-7-20)24-12-2-3-13-24/h2-13H,14-17H2,1H3. The Labute approximate surface area is 164 Å². The molecule has 1 saturated heterocycles. The minimum atomic E-state index is 0.0739. The van der Waals surface area contributed by atoms with Gasteiger partial charge in [-0.05, 0) is 67.6 Å². The van der Waals surface area contributed by atoms with E-state index in [1.54, 1.807) is 6.92 Å². The predicted molar refractivity (Wildman–Crippen MR) is 110 cm³/mol. The van der Waals surface area contributed by atoms with Crippen molar-refractivity contribution >= 4 is 17.4 Å². The number of carbonyl (C=O) groups is 2. The summed E-state index contributed by atoms with van der Waals surface area (Å²) in [5.74, 6) is 0.149. The number of aromatic nitrogens is 1. The lowest BCUT2D eigenvalue weighted by Gasteiger charge is -2.36. The number of nitrogens with zero attached hydrogens (tertiary/aromatic N) is 3. The Balaban J connectivity index is 1.38. The molecule has 2 heterocycles. The molecule has 1 aromatic heterocycles. The number of benzene rings is 2. The number of anilines is 1. The van der Waals surface area contributed by atoms with E-state index in [0.717, 1.165) is 35.6 Å². The van der Waals surface area contributed by atoms with Crippen LogP contribution in [0.25, 0.3) is 5.69 Å². The summed E-state index contributed by atoms with van der Waals surface area (Å²) in [4.78, 5) is 28.4. The van der Waals surface area contributed by atoms with Crippen LogP contribution in [0.4, 0.5) is 5.69 Å². The van der Waals surface area contributed by atoms with Crippen LogP contribution in [0.15, 0.2) is 73.1 Å². The van der Waals surface area contributed by atoms with E-state index in [4.69, 9.17) is 0 Å². The van der Waals surface area contributed by atoms with Gasteiger partial charge in [0.05, 0.1) is 0 Å². The second-order valence-corrected chi connectivity index (χ2v) is 7.02. The average Bonchev–Trinajstić information content (AvgIpc) is 3.28. The molecule has 4 rings (SSSR count). The van der Waals surface area contributed by atoms with Crippen LogP contribution in [0.3, 0.4) is 0 Å². The van der Waals surface area contributed by atoms with Gasteiger partial charge in [0.1, 0.15) is 0 Å². The van der Waals surface area contributed by atoms with Crippen LogP contribution in [-0.4, -0.2) is 47.3 Å². The molecule has 5 nitrogen and oxygen atoms in total. The maximum absolute atomic E-state index is 12.8. The lowest BCUT2D eigenvalue weighted by atomic mass is 10.1. The highest BCUT2D eigenvalue weighted by Crippen LogP contribution is 2.19. The molecule has 0 bridgehead atoms. The molecule has 0 unspecified atom stereocenters. The van der Waals surface area contributed by atoms with Gasteiger partial charge in [0.2, 0.25) is 0 Å². The molecule has 1 fully saturated rings. The first-order chi connectivity index (χ1) is 13.6. The van der Waals surface area contributed by atoms with Crippen molar-refractivity contribution in [2.75, 3.05) is 31.1 Å². The summed E-state index contributed by atoms with van der Waals surface area (Å²) in [6, 6.07) is 19.4. The Hall–Kier alpha value is -3.34. The highest BCUT2D eigenvalue weighted by atomic mass is 16.2. The molecule has 5 heteroatoms. The Morgan fingerprint density at radius 3 is 1.82 bits per heavy atom. The molecule has 0 atom stereocenters. The Kier molecular flexibility index (Phi) is 4.98. The number of Topliss-reactive ketones (excluding diaryl/α,β-unsaturated/α-hetero) is 1. The highest BCUT2D eigenvalue weighted by Gasteiger charge is 2.22. The highest BCUT2D eigenvalue weighted by molar-refractivity contribution is 5.95. The smallest absolute Gasteiger partial charge is 0.253 e. The van der Waals surface area contributed by atoms with Crippen molar-refractivity contribution in [1.29, 1.82) is 0 Å². The number of ketones is 1. The molecule has 1 aliphatic rings. The topological polar surface area (TPSA) is 45.6 Å². The zero-order chi connectivity index (χ0) is 19.5. The average molecular weight is 373 g/mol. The van der Waals surface area contributed by atoms with Gasteiger partial charge in [-0.25, -0.2) is 0 Å². The van der Waals surface area contributed by atoms with E-state index in [1.807, 2.05) is 82.5 Å². The number of rotatable bonds is 4. The summed E-state index contributed by atoms with van der Waals surface area (Å²) in [6.45, 7) is 4.52. The number of hydrogen-bond donors (Lipinski definition) is 0. The number of carbonyl (C=O) groups excluding carboxylic acids is 2. The summed E-state index contributed by atoms with van der Waals surface area (Å²) in [6.07, 6.45) is 3.97. The zero-order valence-electron chi connectivity index (χ0n) is 15.9. The van der Waals surface area contributed by atoms with Crippen molar-refractivity contribution in [3.8, 4) is 5.69 Å². The van der Waals surface area contributed by atoms with Crippen molar-refractivity contribution in [2.45, 2.75) is 6.92 Å². The van der Waals surface area contributed by atoms with E-state index in [-0.39, 0.29) is 11.7 Å². The van der Waals surface area contributed by atoms with Gasteiger partial charge in [-0.2, -0.15) is 0 Å². The summed E-state index contributed by atoms with van der Waals surface area (Å²) in [7, 11) is 0. The molecule has 1 amide bonds. The molecule has 0 aliphatic carbocycles. The molecule has 0 radical (unpaired) electrons. The van der Waals surface area contributed by atoms with Gasteiger partial charge < -0.3 is 14.4 Å². The van der Waals surface area contributed by atoms with Gasteiger partial charge in [0, 0.05) is 61.1 Å². The first-order valence-electron chi connectivity index (χ1n) is 9.50. The van der Waals surface area contributed by atoms with E-state index < -0.39 is 0 Å². The number of piperazine rings is 1. The molecule has 0 spiro atoms. The molecule has 0 saturated carbocycles. The normalized spacial score (nSPS) is 14.2. The predicted octanol–water partition coefficient (Wildman–Crippen LogP) is 3.64. The van der Waals surface area contributed by atoms with Crippen LogP contribution in [0.5, 0.6) is 0 Å². The van der Waals surface area contributed by atoms with Crippen molar-refractivity contribution < 1.29 is 9.59 Å². The summed E-state index contributed by atoms with van der Waals surface area (Å²) in [5, 5.41) is 0. The SMILES string of the molecule is CC(=O)c1ccc(N2CCN(C(=O)c3ccc(-n4cccc4)cc3)CC2)cc1. The maximum atomic E-state index is 12.8. The number of amides is 1. The van der Waals surface area contributed by atoms with E-state index in [1.165, 1.54) is 0 Å². The summed E-state index contributed by atoms with van der Waals surface area (Å²) in [5.41, 5.74) is 3.57. The number of hydrogen-bond acceptors (Lipinski definition) is 3. The fourth-order valence-electron chi connectivity index (χ4n) is 3.54. The third-order valence-corrected chi connectivity index (χ3v) is 5.22. The molecule has 0 N–H and O–H groups in total. The monoisotopic (exact) mass is 373 g/mol. The van der Waals surface area contributed by atoms with E-state index in [2.05, 4.69) is 4.90 Å². The lowest BCUT2D eigenvalue weighted by molar-refractivity contribution is 0.0746. The maximum Gasteiger partial charge on any atom is 0.253 e. The minimum absolute atomic E-state index is 0.0739. The van der Waals surface area contributed by atoms with Crippen LogP contribution in [-0.2, 0) is 0 Å². The Morgan fingerprint density at radius 2 is 1.25 bits per heavy atom. The third kappa shape index (κ3) is 3.69. The Morgan fingerprint density at radius 1 is 0.714 bits per heavy atom. The van der Waals surface area contributed by atoms with Crippen molar-refractivity contribution in [1.82, 2.24) is 9.47 Å². The quantitative estimate of drug-likeness (QED) is 0.656. The van der Waals surface area contributed by atoms with Gasteiger partial charge in [0.15, 0.2) is 5.78 Å². The molecule has 2 aromatic carbocycles. The van der Waals surface area contributed by atoms with E-state index >= 15 is 0 Å². The molecular formula is C23H23N3O2. The second kappa shape index (κ2) is 7.72. The molecule has 3 aromatic rings. The van der Waals surface area contributed by atoms with Crippen LogP contribution >= 0.6 is 0 Å². The third-order valence-electron chi connectivity index (χ3n) is 5.22. The van der Waals surface area contributed by atoms with Gasteiger partial charge in [-0.15, -0.1) is 0 Å². The lowest BCUT2D eigenvalue weighted by Crippen LogP contribution is -2.48. The van der Waals surface area contributed by atoms with Crippen molar-refractivity contribution in [2.24, 2.45) is 0 Å². The zero-order valence-corrected chi connectivity index (χ0v) is 15.9. The first kappa shape index (κ1) is 18.0. The van der Waals surface area contributed by atoms with Gasteiger partial charge in [0.25, 0.3) is 5.91 Å². The fraction of sp³-hybridized carbons (Fsp3) is 0.217. The molecule has 142 valence electrons. The largest absolute Gasteiger partial charge is 0.368 e. The summed E-state index contributed by atoms with van der Waals surface area (Å²) < 4.78 is 2.02. The van der Waals surface area contributed by atoms with Crippen LogP contribution in [0, 0.1) is 0 Å².